The number of amides is 1. The number of carbonyl (C=O) groups is 2. The van der Waals surface area contributed by atoms with Gasteiger partial charge < -0.3 is 15.2 Å². The van der Waals surface area contributed by atoms with Gasteiger partial charge in [0.15, 0.2) is 0 Å². The molecule has 1 fully saturated rings. The van der Waals surface area contributed by atoms with Gasteiger partial charge in [-0.3, -0.25) is 14.5 Å². The molecule has 0 aromatic rings. The predicted molar refractivity (Wildman–Crippen MR) is 70.9 cm³/mol. The van der Waals surface area contributed by atoms with Crippen molar-refractivity contribution in [2.75, 3.05) is 26.2 Å². The normalized spacial score (nSPS) is 19.7. The molecule has 0 radical (unpaired) electrons. The van der Waals surface area contributed by atoms with Gasteiger partial charge in [0.2, 0.25) is 5.91 Å². The molecule has 1 amide bonds. The van der Waals surface area contributed by atoms with E-state index in [1.165, 1.54) is 0 Å². The highest BCUT2D eigenvalue weighted by atomic mass is 16.5. The molecular formula is C13H24N2O4. The van der Waals surface area contributed by atoms with E-state index in [1.54, 1.807) is 4.90 Å². The lowest BCUT2D eigenvalue weighted by atomic mass is 10.1. The molecule has 1 aliphatic heterocycles. The average molecular weight is 272 g/mol. The summed E-state index contributed by atoms with van der Waals surface area (Å²) in [6.07, 6.45) is 2.11. The molecule has 0 spiro atoms. The van der Waals surface area contributed by atoms with E-state index in [9.17, 15) is 9.59 Å². The van der Waals surface area contributed by atoms with E-state index in [2.05, 4.69) is 5.32 Å². The molecule has 0 aromatic heterocycles. The molecule has 2 N–H and O–H groups in total. The summed E-state index contributed by atoms with van der Waals surface area (Å²) in [5.74, 6) is -1.09. The summed E-state index contributed by atoms with van der Waals surface area (Å²) in [6, 6.07) is 0. The van der Waals surface area contributed by atoms with Crippen molar-refractivity contribution in [3.63, 3.8) is 0 Å². The number of carbonyl (C=O) groups excluding carboxylic acids is 1. The van der Waals surface area contributed by atoms with Crippen LogP contribution in [0.15, 0.2) is 0 Å². The molecule has 6 nitrogen and oxygen atoms in total. The molecule has 0 saturated carbocycles. The van der Waals surface area contributed by atoms with E-state index in [-0.39, 0.29) is 30.6 Å². The van der Waals surface area contributed by atoms with Crippen LogP contribution in [0, 0.1) is 0 Å². The van der Waals surface area contributed by atoms with Crippen LogP contribution < -0.4 is 5.32 Å². The Labute approximate surface area is 114 Å². The lowest BCUT2D eigenvalue weighted by molar-refractivity contribution is -0.140. The highest BCUT2D eigenvalue weighted by Gasteiger charge is 2.26. The molecule has 1 atom stereocenters. The van der Waals surface area contributed by atoms with E-state index in [1.807, 2.05) is 20.8 Å². The molecule has 1 unspecified atom stereocenters. The van der Waals surface area contributed by atoms with Gasteiger partial charge in [-0.1, -0.05) is 0 Å². The van der Waals surface area contributed by atoms with E-state index < -0.39 is 5.97 Å². The van der Waals surface area contributed by atoms with Crippen molar-refractivity contribution in [3.05, 3.63) is 0 Å². The fraction of sp³-hybridized carbons (Fsp3) is 0.846. The van der Waals surface area contributed by atoms with E-state index >= 15 is 0 Å². The van der Waals surface area contributed by atoms with Crippen molar-refractivity contribution in [3.8, 4) is 0 Å². The fourth-order valence-corrected chi connectivity index (χ4v) is 1.96. The Morgan fingerprint density at radius 1 is 1.37 bits per heavy atom. The number of carboxylic acids is 1. The number of nitrogens with zero attached hydrogens (tertiary/aromatic N) is 1. The van der Waals surface area contributed by atoms with Crippen LogP contribution in [-0.4, -0.2) is 59.8 Å². The molecule has 19 heavy (non-hydrogen) atoms. The minimum absolute atomic E-state index is 0.0858. The Bertz CT molecular complexity index is 319. The Kier molecular flexibility index (Phi) is 5.75. The highest BCUT2D eigenvalue weighted by Crippen LogP contribution is 2.13. The van der Waals surface area contributed by atoms with Crippen molar-refractivity contribution in [2.24, 2.45) is 0 Å². The Balaban J connectivity index is 2.39. The van der Waals surface area contributed by atoms with Crippen molar-refractivity contribution in [1.29, 1.82) is 0 Å². The maximum Gasteiger partial charge on any atom is 0.317 e. The topological polar surface area (TPSA) is 78.9 Å². The maximum absolute atomic E-state index is 11.8. The number of aliphatic carboxylic acids is 1. The largest absolute Gasteiger partial charge is 0.480 e. The van der Waals surface area contributed by atoms with E-state index in [4.69, 9.17) is 9.84 Å². The summed E-state index contributed by atoms with van der Waals surface area (Å²) in [4.78, 5) is 24.3. The zero-order chi connectivity index (χ0) is 14.5. The van der Waals surface area contributed by atoms with Crippen LogP contribution in [0.25, 0.3) is 0 Å². The second-order valence-electron chi connectivity index (χ2n) is 5.86. The number of carboxylic acid groups (broad SMARTS) is 1. The monoisotopic (exact) mass is 272 g/mol. The number of hydrogen-bond donors (Lipinski definition) is 2. The molecule has 1 heterocycles. The molecule has 0 bridgehead atoms. The van der Waals surface area contributed by atoms with Crippen molar-refractivity contribution < 1.29 is 19.4 Å². The number of nitrogens with one attached hydrogen (secondary N) is 1. The first kappa shape index (κ1) is 15.9. The lowest BCUT2D eigenvalue weighted by Crippen LogP contribution is -2.50. The van der Waals surface area contributed by atoms with Crippen LogP contribution >= 0.6 is 0 Å². The first-order valence-corrected chi connectivity index (χ1v) is 6.64. The quantitative estimate of drug-likeness (QED) is 0.734. The third-order valence-corrected chi connectivity index (χ3v) is 3.16. The number of ether oxygens (including phenoxy) is 1. The van der Waals surface area contributed by atoms with Crippen molar-refractivity contribution in [1.82, 2.24) is 10.2 Å². The van der Waals surface area contributed by atoms with Gasteiger partial charge >= 0.3 is 5.97 Å². The number of hydrogen-bond acceptors (Lipinski definition) is 4. The first-order chi connectivity index (χ1) is 8.79. The van der Waals surface area contributed by atoms with Gasteiger partial charge in [-0.05, 0) is 33.6 Å². The predicted octanol–water partition coefficient (Wildman–Crippen LogP) is 0.467. The Hall–Kier alpha value is -1.14. The van der Waals surface area contributed by atoms with Gasteiger partial charge in [0.25, 0.3) is 0 Å². The smallest absolute Gasteiger partial charge is 0.317 e. The second kappa shape index (κ2) is 6.86. The average Bonchev–Trinajstić information content (AvgIpc) is 2.76. The highest BCUT2D eigenvalue weighted by molar-refractivity contribution is 5.79. The van der Waals surface area contributed by atoms with Crippen LogP contribution in [0.3, 0.4) is 0 Å². The fourth-order valence-electron chi connectivity index (χ4n) is 1.96. The first-order valence-electron chi connectivity index (χ1n) is 6.64. The van der Waals surface area contributed by atoms with Crippen LogP contribution in [0.2, 0.25) is 0 Å². The SMILES string of the molecule is CC(C)(C)N(CC(=O)O)CC(=O)NCC1CCCO1. The maximum atomic E-state index is 11.8. The van der Waals surface area contributed by atoms with Gasteiger partial charge in [0.05, 0.1) is 19.2 Å². The van der Waals surface area contributed by atoms with Gasteiger partial charge in [-0.2, -0.15) is 0 Å². The van der Waals surface area contributed by atoms with Crippen LogP contribution in [0.4, 0.5) is 0 Å². The molecule has 0 aromatic carbocycles. The number of rotatable bonds is 6. The summed E-state index contributed by atoms with van der Waals surface area (Å²) in [6.45, 7) is 6.88. The zero-order valence-electron chi connectivity index (χ0n) is 11.9. The molecule has 6 heteroatoms. The third-order valence-electron chi connectivity index (χ3n) is 3.16. The van der Waals surface area contributed by atoms with Crippen molar-refractivity contribution in [2.45, 2.75) is 45.3 Å². The molecular weight excluding hydrogens is 248 g/mol. The minimum Gasteiger partial charge on any atom is -0.480 e. The third kappa shape index (κ3) is 6.02. The Morgan fingerprint density at radius 3 is 2.53 bits per heavy atom. The summed E-state index contributed by atoms with van der Waals surface area (Å²) in [7, 11) is 0. The molecule has 110 valence electrons. The summed E-state index contributed by atoms with van der Waals surface area (Å²) in [5, 5.41) is 11.7. The molecule has 0 aliphatic carbocycles. The Morgan fingerprint density at radius 2 is 2.05 bits per heavy atom. The van der Waals surface area contributed by atoms with Gasteiger partial charge in [0, 0.05) is 18.7 Å². The molecule has 1 saturated heterocycles. The summed E-state index contributed by atoms with van der Waals surface area (Å²) < 4.78 is 5.42. The van der Waals surface area contributed by atoms with Gasteiger partial charge in [-0.25, -0.2) is 0 Å². The standard InChI is InChI=1S/C13H24N2O4/c1-13(2,3)15(9-12(17)18)8-11(16)14-7-10-5-4-6-19-10/h10H,4-9H2,1-3H3,(H,14,16)(H,17,18). The van der Waals surface area contributed by atoms with Gasteiger partial charge in [-0.15, -0.1) is 0 Å². The molecule has 1 aliphatic rings. The molecule has 1 rings (SSSR count). The van der Waals surface area contributed by atoms with Crippen LogP contribution in [-0.2, 0) is 14.3 Å². The minimum atomic E-state index is -0.929. The summed E-state index contributed by atoms with van der Waals surface area (Å²) in [5.41, 5.74) is -0.362. The van der Waals surface area contributed by atoms with Crippen molar-refractivity contribution >= 4 is 11.9 Å². The second-order valence-corrected chi connectivity index (χ2v) is 5.86. The lowest BCUT2D eigenvalue weighted by Gasteiger charge is -2.33. The van der Waals surface area contributed by atoms with E-state index in [0.717, 1.165) is 19.4 Å². The van der Waals surface area contributed by atoms with Crippen LogP contribution in [0.5, 0.6) is 0 Å². The van der Waals surface area contributed by atoms with Gasteiger partial charge in [0.1, 0.15) is 0 Å². The van der Waals surface area contributed by atoms with E-state index in [0.29, 0.717) is 6.54 Å². The van der Waals surface area contributed by atoms with Crippen LogP contribution in [0.1, 0.15) is 33.6 Å². The zero-order valence-corrected chi connectivity index (χ0v) is 11.9. The summed E-state index contributed by atoms with van der Waals surface area (Å²) >= 11 is 0.